The maximum absolute atomic E-state index is 6.59. The molecule has 0 fully saturated rings. The average Bonchev–Trinajstić information content (AvgIpc) is 3.83. The van der Waals surface area contributed by atoms with Gasteiger partial charge in [0.1, 0.15) is 22.7 Å². The standard InChI is InChI=1S/C57H35NO2/c1-2-14-42-37(12-1)13-11-20-52(42)58(41-30-33-43-39(34-41)27-32-47-46-16-4-8-21-53(46)60-56(43)47)40-28-24-36(25-29-40)38-26-31-45-44-15-3-5-17-48(44)57(51(45)35-38)49-18-6-9-22-54(49)59-55-23-10-7-19-50(55)57/h1-35H. The molecule has 280 valence electrons. The van der Waals surface area contributed by atoms with Crippen LogP contribution in [-0.4, -0.2) is 0 Å². The molecule has 0 bridgehead atoms. The van der Waals surface area contributed by atoms with E-state index in [-0.39, 0.29) is 0 Å². The Labute approximate surface area is 347 Å². The first-order valence-electron chi connectivity index (χ1n) is 20.6. The van der Waals surface area contributed by atoms with Gasteiger partial charge < -0.3 is 14.1 Å². The van der Waals surface area contributed by atoms with Gasteiger partial charge in [-0.1, -0.05) is 146 Å². The highest BCUT2D eigenvalue weighted by Crippen LogP contribution is 2.62. The molecule has 0 atom stereocenters. The lowest BCUT2D eigenvalue weighted by Crippen LogP contribution is -2.32. The molecule has 1 aliphatic heterocycles. The number of anilines is 3. The van der Waals surface area contributed by atoms with Gasteiger partial charge in [0.25, 0.3) is 0 Å². The molecule has 0 saturated heterocycles. The Morgan fingerprint density at radius 3 is 1.83 bits per heavy atom. The van der Waals surface area contributed by atoms with Gasteiger partial charge in [0.15, 0.2) is 0 Å². The van der Waals surface area contributed by atoms with Crippen molar-refractivity contribution in [2.45, 2.75) is 5.41 Å². The lowest BCUT2D eigenvalue weighted by molar-refractivity contribution is 0.436. The second-order valence-electron chi connectivity index (χ2n) is 16.0. The summed E-state index contributed by atoms with van der Waals surface area (Å²) in [6, 6.07) is 76.7. The molecule has 1 aromatic heterocycles. The van der Waals surface area contributed by atoms with Crippen molar-refractivity contribution in [2.24, 2.45) is 0 Å². The number of hydrogen-bond donors (Lipinski definition) is 0. The highest BCUT2D eigenvalue weighted by Gasteiger charge is 2.51. The average molecular weight is 766 g/mol. The highest BCUT2D eigenvalue weighted by molar-refractivity contribution is 6.15. The molecule has 1 aliphatic carbocycles. The molecule has 2 aliphatic rings. The van der Waals surface area contributed by atoms with Gasteiger partial charge in [-0.15, -0.1) is 0 Å². The minimum absolute atomic E-state index is 0.511. The molecule has 0 unspecified atom stereocenters. The molecule has 60 heavy (non-hydrogen) atoms. The van der Waals surface area contributed by atoms with Crippen LogP contribution in [0.4, 0.5) is 17.1 Å². The fourth-order valence-electron chi connectivity index (χ4n) is 10.3. The van der Waals surface area contributed by atoms with E-state index in [0.29, 0.717) is 0 Å². The predicted molar refractivity (Wildman–Crippen MR) is 246 cm³/mol. The third kappa shape index (κ3) is 4.60. The Morgan fingerprint density at radius 1 is 0.367 bits per heavy atom. The van der Waals surface area contributed by atoms with E-state index in [1.165, 1.54) is 49.7 Å². The maximum Gasteiger partial charge on any atom is 0.143 e. The van der Waals surface area contributed by atoms with Gasteiger partial charge in [0.2, 0.25) is 0 Å². The van der Waals surface area contributed by atoms with Gasteiger partial charge in [0.05, 0.1) is 11.1 Å². The maximum atomic E-state index is 6.59. The minimum Gasteiger partial charge on any atom is -0.457 e. The third-order valence-corrected chi connectivity index (χ3v) is 12.9. The molecule has 13 rings (SSSR count). The van der Waals surface area contributed by atoms with Crippen molar-refractivity contribution >= 4 is 60.5 Å². The molecule has 10 aromatic carbocycles. The molecule has 0 N–H and O–H groups in total. The van der Waals surface area contributed by atoms with Crippen molar-refractivity contribution in [1.29, 1.82) is 0 Å². The van der Waals surface area contributed by atoms with Crippen LogP contribution in [-0.2, 0) is 5.41 Å². The summed E-state index contributed by atoms with van der Waals surface area (Å²) in [5, 5.41) is 6.90. The number of hydrogen-bond acceptors (Lipinski definition) is 3. The predicted octanol–water partition coefficient (Wildman–Crippen LogP) is 15.5. The largest absolute Gasteiger partial charge is 0.457 e. The zero-order valence-corrected chi connectivity index (χ0v) is 32.5. The number of rotatable bonds is 4. The van der Waals surface area contributed by atoms with Crippen LogP contribution in [0.15, 0.2) is 217 Å². The van der Waals surface area contributed by atoms with Crippen molar-refractivity contribution < 1.29 is 9.15 Å². The summed E-state index contributed by atoms with van der Waals surface area (Å²) in [5.74, 6) is 1.80. The van der Waals surface area contributed by atoms with E-state index < -0.39 is 5.41 Å². The first-order chi connectivity index (χ1) is 29.7. The molecule has 0 radical (unpaired) electrons. The number of fused-ring (bicyclic) bond motifs is 15. The smallest absolute Gasteiger partial charge is 0.143 e. The Kier molecular flexibility index (Phi) is 6.93. The zero-order valence-electron chi connectivity index (χ0n) is 32.5. The Bertz CT molecular complexity index is 3490. The summed E-state index contributed by atoms with van der Waals surface area (Å²) >= 11 is 0. The summed E-state index contributed by atoms with van der Waals surface area (Å²) in [7, 11) is 0. The van der Waals surface area contributed by atoms with E-state index in [1.54, 1.807) is 0 Å². The first kappa shape index (κ1) is 33.1. The third-order valence-electron chi connectivity index (χ3n) is 12.9. The second kappa shape index (κ2) is 12.6. The van der Waals surface area contributed by atoms with E-state index >= 15 is 0 Å². The molecule has 1 spiro atoms. The fraction of sp³-hybridized carbons (Fsp3) is 0.0175. The number of nitrogens with zero attached hydrogens (tertiary/aromatic N) is 1. The van der Waals surface area contributed by atoms with Gasteiger partial charge in [-0.05, 0) is 111 Å². The molecule has 3 heteroatoms. The molecule has 0 saturated carbocycles. The summed E-state index contributed by atoms with van der Waals surface area (Å²) < 4.78 is 13.0. The lowest BCUT2D eigenvalue weighted by atomic mass is 9.66. The SMILES string of the molecule is c1ccc2c(c1)Oc1ccccc1C21c2ccccc2-c2ccc(-c3ccc(N(c4ccc5c(ccc6c7ccccc7oc56)c4)c4cccc5ccccc45)cc3)cc21. The highest BCUT2D eigenvalue weighted by atomic mass is 16.5. The fourth-order valence-corrected chi connectivity index (χ4v) is 10.3. The molecule has 2 heterocycles. The summed E-state index contributed by atoms with van der Waals surface area (Å²) in [6.45, 7) is 0. The van der Waals surface area contributed by atoms with Gasteiger partial charge in [-0.2, -0.15) is 0 Å². The molecule has 3 nitrogen and oxygen atoms in total. The van der Waals surface area contributed by atoms with Crippen molar-refractivity contribution in [2.75, 3.05) is 4.90 Å². The van der Waals surface area contributed by atoms with Crippen molar-refractivity contribution in [3.8, 4) is 33.8 Å². The van der Waals surface area contributed by atoms with Crippen LogP contribution in [0.3, 0.4) is 0 Å². The minimum atomic E-state index is -0.511. The Balaban J connectivity index is 0.967. The summed E-state index contributed by atoms with van der Waals surface area (Å²) in [5.41, 5.74) is 14.4. The van der Waals surface area contributed by atoms with Crippen LogP contribution in [0.25, 0.3) is 65.7 Å². The Morgan fingerprint density at radius 2 is 1.00 bits per heavy atom. The lowest BCUT2D eigenvalue weighted by Gasteiger charge is -2.39. The molecule has 11 aromatic rings. The number of para-hydroxylation sites is 3. The van der Waals surface area contributed by atoms with Crippen LogP contribution >= 0.6 is 0 Å². The molecular weight excluding hydrogens is 731 g/mol. The van der Waals surface area contributed by atoms with E-state index in [4.69, 9.17) is 9.15 Å². The number of ether oxygens (including phenoxy) is 1. The number of furan rings is 1. The van der Waals surface area contributed by atoms with E-state index in [1.807, 2.05) is 12.1 Å². The zero-order chi connectivity index (χ0) is 39.4. The quantitative estimate of drug-likeness (QED) is 0.178. The van der Waals surface area contributed by atoms with Gasteiger partial charge >= 0.3 is 0 Å². The van der Waals surface area contributed by atoms with Crippen LogP contribution in [0, 0.1) is 0 Å². The van der Waals surface area contributed by atoms with Gasteiger partial charge in [-0.25, -0.2) is 0 Å². The van der Waals surface area contributed by atoms with Crippen molar-refractivity contribution in [3.63, 3.8) is 0 Å². The van der Waals surface area contributed by atoms with E-state index in [9.17, 15) is 0 Å². The van der Waals surface area contributed by atoms with Crippen molar-refractivity contribution in [3.05, 3.63) is 235 Å². The normalized spacial score (nSPS) is 13.3. The van der Waals surface area contributed by atoms with E-state index in [0.717, 1.165) is 66.8 Å². The monoisotopic (exact) mass is 765 g/mol. The summed E-state index contributed by atoms with van der Waals surface area (Å²) in [4.78, 5) is 2.39. The molecule has 0 amide bonds. The molecular formula is C57H35NO2. The Hall–Kier alpha value is -7.88. The topological polar surface area (TPSA) is 25.6 Å². The van der Waals surface area contributed by atoms with E-state index in [2.05, 4.69) is 205 Å². The van der Waals surface area contributed by atoms with Crippen LogP contribution < -0.4 is 9.64 Å². The van der Waals surface area contributed by atoms with Gasteiger partial charge in [0, 0.05) is 44.0 Å². The van der Waals surface area contributed by atoms with Gasteiger partial charge in [-0.3, -0.25) is 0 Å². The summed E-state index contributed by atoms with van der Waals surface area (Å²) in [6.07, 6.45) is 0. The first-order valence-corrected chi connectivity index (χ1v) is 20.6. The second-order valence-corrected chi connectivity index (χ2v) is 16.0. The van der Waals surface area contributed by atoms with Crippen LogP contribution in [0.2, 0.25) is 0 Å². The van der Waals surface area contributed by atoms with Crippen LogP contribution in [0.1, 0.15) is 22.3 Å². The van der Waals surface area contributed by atoms with Crippen LogP contribution in [0.5, 0.6) is 11.5 Å². The van der Waals surface area contributed by atoms with Crippen molar-refractivity contribution in [1.82, 2.24) is 0 Å². The number of benzene rings is 10.